The zero-order valence-electron chi connectivity index (χ0n) is 11.9. The summed E-state index contributed by atoms with van der Waals surface area (Å²) in [6.07, 6.45) is 1.60. The molecule has 0 saturated carbocycles. The van der Waals surface area contributed by atoms with Crippen molar-refractivity contribution in [3.8, 4) is 5.75 Å². The second-order valence-electron chi connectivity index (χ2n) is 5.64. The number of piperidine rings is 1. The fraction of sp³-hybridized carbons (Fsp3) is 0.533. The van der Waals surface area contributed by atoms with Crippen LogP contribution in [-0.2, 0) is 4.79 Å². The molecule has 6 heteroatoms. The summed E-state index contributed by atoms with van der Waals surface area (Å²) in [4.78, 5) is 13.4. The van der Waals surface area contributed by atoms with Gasteiger partial charge in [0.05, 0.1) is 15.5 Å². The molecule has 1 atom stereocenters. The summed E-state index contributed by atoms with van der Waals surface area (Å²) in [5.74, 6) is -0.249. The Morgan fingerprint density at radius 1 is 1.43 bits per heavy atom. The third-order valence-corrected chi connectivity index (χ3v) is 4.46. The summed E-state index contributed by atoms with van der Waals surface area (Å²) in [5, 5.41) is 10.3. The van der Waals surface area contributed by atoms with E-state index in [9.17, 15) is 9.90 Å². The van der Waals surface area contributed by atoms with Crippen molar-refractivity contribution in [1.29, 1.82) is 0 Å². The molecule has 1 fully saturated rings. The molecule has 0 aliphatic carbocycles. The van der Waals surface area contributed by atoms with Crippen molar-refractivity contribution < 1.29 is 14.6 Å². The molecule has 1 saturated heterocycles. The highest BCUT2D eigenvalue weighted by Crippen LogP contribution is 2.33. The quantitative estimate of drug-likeness (QED) is 0.896. The van der Waals surface area contributed by atoms with Gasteiger partial charge in [0, 0.05) is 13.1 Å². The number of hydrogen-bond donors (Lipinski definition) is 1. The minimum Gasteiger partial charge on any atom is -0.489 e. The summed E-state index contributed by atoms with van der Waals surface area (Å²) in [6.45, 7) is 4.32. The highest BCUT2D eigenvalue weighted by Gasteiger charge is 2.37. The monoisotopic (exact) mass is 331 g/mol. The number of halogens is 2. The minimum atomic E-state index is -0.734. The molecule has 1 heterocycles. The molecule has 0 radical (unpaired) electrons. The maximum atomic E-state index is 11.3. The van der Waals surface area contributed by atoms with Crippen molar-refractivity contribution in [1.82, 2.24) is 4.90 Å². The molecule has 0 amide bonds. The van der Waals surface area contributed by atoms with Crippen LogP contribution < -0.4 is 4.74 Å². The van der Waals surface area contributed by atoms with Gasteiger partial charge < -0.3 is 9.84 Å². The van der Waals surface area contributed by atoms with E-state index in [4.69, 9.17) is 27.9 Å². The maximum absolute atomic E-state index is 11.3. The van der Waals surface area contributed by atoms with Crippen LogP contribution in [0.3, 0.4) is 0 Å². The van der Waals surface area contributed by atoms with Crippen molar-refractivity contribution in [2.75, 3.05) is 26.2 Å². The predicted molar refractivity (Wildman–Crippen MR) is 83.4 cm³/mol. The van der Waals surface area contributed by atoms with Crippen LogP contribution in [0.4, 0.5) is 0 Å². The van der Waals surface area contributed by atoms with Gasteiger partial charge in [-0.3, -0.25) is 9.69 Å². The van der Waals surface area contributed by atoms with Gasteiger partial charge in [-0.15, -0.1) is 0 Å². The molecule has 1 aromatic carbocycles. The molecule has 1 aliphatic heterocycles. The lowest BCUT2D eigenvalue weighted by molar-refractivity contribution is -0.151. The van der Waals surface area contributed by atoms with E-state index in [1.54, 1.807) is 25.1 Å². The van der Waals surface area contributed by atoms with Gasteiger partial charge in [-0.05, 0) is 38.4 Å². The number of carboxylic acids is 1. The summed E-state index contributed by atoms with van der Waals surface area (Å²) >= 11 is 12.1. The Bertz CT molecular complexity index is 503. The van der Waals surface area contributed by atoms with Gasteiger partial charge in [0.25, 0.3) is 0 Å². The van der Waals surface area contributed by atoms with Crippen LogP contribution in [0.5, 0.6) is 5.75 Å². The van der Waals surface area contributed by atoms with Gasteiger partial charge in [0.2, 0.25) is 0 Å². The SMILES string of the molecule is CC1(C(=O)O)CCCN(CCOc2c(Cl)cccc2Cl)C1. The second kappa shape index (κ2) is 6.86. The lowest BCUT2D eigenvalue weighted by Crippen LogP contribution is -2.47. The number of nitrogens with zero attached hydrogens (tertiary/aromatic N) is 1. The van der Waals surface area contributed by atoms with E-state index >= 15 is 0 Å². The summed E-state index contributed by atoms with van der Waals surface area (Å²) in [5.41, 5.74) is -0.666. The number of benzene rings is 1. The Balaban J connectivity index is 1.88. The first kappa shape index (κ1) is 16.4. The Morgan fingerprint density at radius 2 is 2.10 bits per heavy atom. The summed E-state index contributed by atoms with van der Waals surface area (Å²) in [7, 11) is 0. The molecule has 2 rings (SSSR count). The van der Waals surface area contributed by atoms with Gasteiger partial charge in [-0.25, -0.2) is 0 Å². The molecule has 21 heavy (non-hydrogen) atoms. The Morgan fingerprint density at radius 3 is 2.71 bits per heavy atom. The number of ether oxygens (including phenoxy) is 1. The molecule has 1 unspecified atom stereocenters. The van der Waals surface area contributed by atoms with Gasteiger partial charge in [-0.2, -0.15) is 0 Å². The third kappa shape index (κ3) is 4.02. The van der Waals surface area contributed by atoms with Gasteiger partial charge >= 0.3 is 5.97 Å². The molecule has 1 aromatic rings. The highest BCUT2D eigenvalue weighted by atomic mass is 35.5. The van der Waals surface area contributed by atoms with Crippen molar-refractivity contribution in [2.24, 2.45) is 5.41 Å². The van der Waals surface area contributed by atoms with E-state index in [2.05, 4.69) is 4.90 Å². The average Bonchev–Trinajstić information content (AvgIpc) is 2.42. The maximum Gasteiger partial charge on any atom is 0.310 e. The fourth-order valence-corrected chi connectivity index (χ4v) is 3.11. The van der Waals surface area contributed by atoms with E-state index in [1.807, 2.05) is 0 Å². The smallest absolute Gasteiger partial charge is 0.310 e. The Labute approximate surface area is 134 Å². The van der Waals surface area contributed by atoms with Crippen molar-refractivity contribution in [2.45, 2.75) is 19.8 Å². The highest BCUT2D eigenvalue weighted by molar-refractivity contribution is 6.37. The molecule has 1 aliphatic rings. The Hall–Kier alpha value is -0.970. The van der Waals surface area contributed by atoms with Gasteiger partial charge in [0.15, 0.2) is 5.75 Å². The van der Waals surface area contributed by atoms with Crippen LogP contribution in [0.25, 0.3) is 0 Å². The number of para-hydroxylation sites is 1. The van der Waals surface area contributed by atoms with E-state index in [1.165, 1.54) is 0 Å². The lowest BCUT2D eigenvalue weighted by Gasteiger charge is -2.37. The predicted octanol–water partition coefficient (Wildman–Crippen LogP) is 3.56. The summed E-state index contributed by atoms with van der Waals surface area (Å²) < 4.78 is 5.65. The first-order valence-corrected chi connectivity index (χ1v) is 7.70. The van der Waals surface area contributed by atoms with Crippen LogP contribution in [0, 0.1) is 5.41 Å². The molecule has 1 N–H and O–H groups in total. The van der Waals surface area contributed by atoms with E-state index < -0.39 is 11.4 Å². The fourth-order valence-electron chi connectivity index (χ4n) is 2.61. The van der Waals surface area contributed by atoms with E-state index in [0.717, 1.165) is 19.4 Å². The van der Waals surface area contributed by atoms with E-state index in [-0.39, 0.29) is 0 Å². The molecule has 116 valence electrons. The molecule has 0 bridgehead atoms. The average molecular weight is 332 g/mol. The number of rotatable bonds is 5. The van der Waals surface area contributed by atoms with E-state index in [0.29, 0.717) is 35.5 Å². The van der Waals surface area contributed by atoms with Crippen molar-refractivity contribution in [3.05, 3.63) is 28.2 Å². The first-order chi connectivity index (χ1) is 9.92. The first-order valence-electron chi connectivity index (χ1n) is 6.95. The molecular formula is C15H19Cl2NO3. The normalized spacial score (nSPS) is 23.0. The van der Waals surface area contributed by atoms with Gasteiger partial charge in [0.1, 0.15) is 6.61 Å². The Kier molecular flexibility index (Phi) is 5.36. The van der Waals surface area contributed by atoms with Crippen LogP contribution in [0.2, 0.25) is 10.0 Å². The van der Waals surface area contributed by atoms with Gasteiger partial charge in [-0.1, -0.05) is 29.3 Å². The second-order valence-corrected chi connectivity index (χ2v) is 6.46. The number of carbonyl (C=O) groups is 1. The zero-order valence-corrected chi connectivity index (χ0v) is 13.5. The third-order valence-electron chi connectivity index (χ3n) is 3.86. The van der Waals surface area contributed by atoms with Crippen molar-refractivity contribution in [3.63, 3.8) is 0 Å². The van der Waals surface area contributed by atoms with Crippen LogP contribution in [-0.4, -0.2) is 42.2 Å². The number of hydrogen-bond acceptors (Lipinski definition) is 3. The molecular weight excluding hydrogens is 313 g/mol. The standard InChI is InChI=1S/C15H19Cl2NO3/c1-15(14(19)20)6-3-7-18(10-15)8-9-21-13-11(16)4-2-5-12(13)17/h2,4-5H,3,6-10H2,1H3,(H,19,20). The molecule has 0 spiro atoms. The number of aliphatic carboxylic acids is 1. The van der Waals surface area contributed by atoms with Crippen LogP contribution >= 0.6 is 23.2 Å². The molecule has 4 nitrogen and oxygen atoms in total. The molecule has 0 aromatic heterocycles. The lowest BCUT2D eigenvalue weighted by atomic mass is 9.82. The van der Waals surface area contributed by atoms with Crippen molar-refractivity contribution >= 4 is 29.2 Å². The van der Waals surface area contributed by atoms with Crippen LogP contribution in [0.15, 0.2) is 18.2 Å². The number of likely N-dealkylation sites (tertiary alicyclic amines) is 1. The van der Waals surface area contributed by atoms with Crippen LogP contribution in [0.1, 0.15) is 19.8 Å². The minimum absolute atomic E-state index is 0.430. The topological polar surface area (TPSA) is 49.8 Å². The summed E-state index contributed by atoms with van der Waals surface area (Å²) in [6, 6.07) is 5.22. The zero-order chi connectivity index (χ0) is 15.5. The number of carboxylic acid groups (broad SMARTS) is 1. The largest absolute Gasteiger partial charge is 0.489 e.